The molecular weight excluding hydrogens is 934 g/mol. The summed E-state index contributed by atoms with van der Waals surface area (Å²) in [7, 11) is -9.82. The highest BCUT2D eigenvalue weighted by Gasteiger charge is 2.64. The average molecular weight is 1000 g/mol. The zero-order valence-corrected chi connectivity index (χ0v) is 43.9. The second kappa shape index (κ2) is 20.2. The minimum Gasteiger partial charge on any atom is -0.484 e. The third-order valence-electron chi connectivity index (χ3n) is 14.0. The number of amides is 1. The molecule has 3 aromatic carbocycles. The van der Waals surface area contributed by atoms with E-state index in [0.717, 1.165) is 41.9 Å². The van der Waals surface area contributed by atoms with Crippen LogP contribution < -0.4 is 26.0 Å². The molecule has 69 heavy (non-hydrogen) atoms. The number of carbonyl (C=O) groups excluding carboxylic acids is 1. The molecule has 17 nitrogen and oxygen atoms in total. The number of hydroxylamine groups is 3. The van der Waals surface area contributed by atoms with E-state index in [1.807, 2.05) is 55.6 Å². The van der Waals surface area contributed by atoms with Crippen LogP contribution in [0.15, 0.2) is 107 Å². The lowest BCUT2D eigenvalue weighted by Gasteiger charge is -2.45. The van der Waals surface area contributed by atoms with E-state index >= 15 is 0 Å². The minimum atomic E-state index is -3.60. The molecule has 20 heteroatoms. The van der Waals surface area contributed by atoms with Crippen molar-refractivity contribution in [2.45, 2.75) is 121 Å². The van der Waals surface area contributed by atoms with E-state index < -0.39 is 70.7 Å². The predicted octanol–water partition coefficient (Wildman–Crippen LogP) is 7.22. The summed E-state index contributed by atoms with van der Waals surface area (Å²) < 4.78 is 56.8. The topological polar surface area (TPSA) is 198 Å². The summed E-state index contributed by atoms with van der Waals surface area (Å²) in [5, 5.41) is 17.4. The fraction of sp³-hybridized carbons (Fsp3) is 0.490. The van der Waals surface area contributed by atoms with Gasteiger partial charge in [-0.25, -0.2) is 9.98 Å². The van der Waals surface area contributed by atoms with Crippen molar-refractivity contribution in [3.05, 3.63) is 108 Å². The maximum Gasteiger partial charge on any atom is 0.374 e. The van der Waals surface area contributed by atoms with E-state index in [-0.39, 0.29) is 35.0 Å². The zero-order valence-electron chi connectivity index (χ0n) is 40.9. The number of aromatic nitrogens is 4. The van der Waals surface area contributed by atoms with Gasteiger partial charge in [0.05, 0.1) is 19.5 Å². The molecule has 0 spiro atoms. The Morgan fingerprint density at radius 1 is 0.928 bits per heavy atom. The summed E-state index contributed by atoms with van der Waals surface area (Å²) in [4.78, 5) is 43.4. The number of H-pyrrole nitrogens is 1. The number of aliphatic hydroxyl groups is 1. The van der Waals surface area contributed by atoms with E-state index in [4.69, 9.17) is 32.5 Å². The van der Waals surface area contributed by atoms with Crippen LogP contribution in [0.3, 0.4) is 0 Å². The molecule has 2 aromatic heterocycles. The molecule has 5 heterocycles. The molecular formula is C49H67N7O10PSi2+. The Kier molecular flexibility index (Phi) is 14.9. The first-order chi connectivity index (χ1) is 32.8. The van der Waals surface area contributed by atoms with Crippen molar-refractivity contribution < 1.29 is 46.6 Å². The van der Waals surface area contributed by atoms with Gasteiger partial charge < -0.3 is 23.4 Å². The molecule has 0 aliphatic carbocycles. The number of nitrogens with zero attached hydrogens (tertiary/aromatic N) is 5. The second-order valence-corrected chi connectivity index (χ2v) is 30.6. The number of nitrogens with one attached hydrogen (secondary N) is 2. The average Bonchev–Trinajstić information content (AvgIpc) is 3.75. The van der Waals surface area contributed by atoms with Crippen LogP contribution in [0.1, 0.15) is 79.9 Å². The van der Waals surface area contributed by atoms with Gasteiger partial charge in [0.1, 0.15) is 31.0 Å². The number of aromatic amines is 1. The monoisotopic (exact) mass is 1000 g/mol. The maximum absolute atomic E-state index is 14.9. The fourth-order valence-electron chi connectivity index (χ4n) is 9.40. The van der Waals surface area contributed by atoms with Crippen molar-refractivity contribution in [3.8, 4) is 5.75 Å². The molecule has 0 radical (unpaired) electrons. The van der Waals surface area contributed by atoms with Gasteiger partial charge in [0.15, 0.2) is 32.3 Å². The van der Waals surface area contributed by atoms with Crippen molar-refractivity contribution in [1.82, 2.24) is 19.5 Å². The van der Waals surface area contributed by atoms with Crippen molar-refractivity contribution in [2.24, 2.45) is 4.99 Å². The maximum atomic E-state index is 14.9. The molecule has 8 rings (SSSR count). The lowest BCUT2D eigenvalue weighted by atomic mass is 10.1. The number of fused-ring (bicyclic) bond motifs is 2. The van der Waals surface area contributed by atoms with E-state index in [1.54, 1.807) is 24.3 Å². The van der Waals surface area contributed by atoms with Gasteiger partial charge in [-0.05, 0) is 64.9 Å². The molecule has 3 aliphatic rings. The number of benzene rings is 3. The predicted molar refractivity (Wildman–Crippen MR) is 270 cm³/mol. The smallest absolute Gasteiger partial charge is 0.374 e. The van der Waals surface area contributed by atoms with Gasteiger partial charge in [0.2, 0.25) is 17.6 Å². The molecule has 5 aromatic rings. The summed E-state index contributed by atoms with van der Waals surface area (Å²) in [5.41, 5.74) is -0.686. The van der Waals surface area contributed by atoms with Crippen LogP contribution in [0, 0.1) is 0 Å². The number of carbonyl (C=O) groups is 1. The zero-order chi connectivity index (χ0) is 49.2. The highest BCUT2D eigenvalue weighted by atomic mass is 31.1. The van der Waals surface area contributed by atoms with Crippen LogP contribution in [-0.2, 0) is 32.1 Å². The Morgan fingerprint density at radius 3 is 2.20 bits per heavy atom. The lowest BCUT2D eigenvalue weighted by Crippen LogP contribution is -2.67. The minimum absolute atomic E-state index is 0.0173. The van der Waals surface area contributed by atoms with E-state index in [2.05, 4.69) is 86.1 Å². The van der Waals surface area contributed by atoms with Gasteiger partial charge in [-0.3, -0.25) is 33.5 Å². The molecule has 0 saturated carbocycles. The van der Waals surface area contributed by atoms with Crippen LogP contribution in [0.5, 0.6) is 5.75 Å². The van der Waals surface area contributed by atoms with Crippen LogP contribution in [0.25, 0.3) is 11.2 Å². The number of ether oxygens (including phenoxy) is 2. The molecule has 1 amide bonds. The number of aliphatic imine (C=N–C) groups is 1. The van der Waals surface area contributed by atoms with Gasteiger partial charge in [-0.1, -0.05) is 120 Å². The third kappa shape index (κ3) is 10.4. The van der Waals surface area contributed by atoms with Crippen LogP contribution >= 0.6 is 8.25 Å². The first-order valence-corrected chi connectivity index (χ1v) is 29.9. The van der Waals surface area contributed by atoms with Crippen molar-refractivity contribution in [2.75, 3.05) is 38.2 Å². The van der Waals surface area contributed by atoms with Crippen LogP contribution in [-0.4, -0.2) is 108 Å². The lowest BCUT2D eigenvalue weighted by molar-refractivity contribution is -1.01. The van der Waals surface area contributed by atoms with E-state index in [9.17, 15) is 19.3 Å². The number of anilines is 1. The molecule has 6 atom stereocenters. The fourth-order valence-corrected chi connectivity index (χ4v) is 16.4. The number of para-hydroxylation sites is 1. The molecule has 4 unspecified atom stereocenters. The standard InChI is InChI=1S/C49H66N7O10PSi2/c1-47(2,3)68(7,8)64-42-45(55-34-51-41-43(55)53-46(54-44(41)58)52-40(57)33-61-35-22-13-9-14-23-35)63-38(49(42,59)65-67(60)66-56-30-20-12-19-28-39(56)50-29-21-31-56)32-62-69(48(4,5)6,36-24-15-10-16-25-36)37-26-17-11-18-27-37/h9-11,13-18,22-27,34,38,42,45,59,67H,12,19-21,28-33H2,1-8H3,(H-,52,53,54,57,58)/p+1/t38-,42?,45-,49?,56?/m1/s1. The first kappa shape index (κ1) is 50.7. The number of imidazole rings is 1. The molecule has 2 fully saturated rings. The van der Waals surface area contributed by atoms with Crippen LogP contribution in [0.2, 0.25) is 23.2 Å². The number of amidine groups is 1. The number of hydrogen-bond donors (Lipinski definition) is 3. The Labute approximate surface area is 406 Å². The van der Waals surface area contributed by atoms with Gasteiger partial charge in [-0.15, -0.1) is 9.27 Å². The summed E-state index contributed by atoms with van der Waals surface area (Å²) in [6, 6.07) is 29.0. The summed E-state index contributed by atoms with van der Waals surface area (Å²) >= 11 is 0. The van der Waals surface area contributed by atoms with Crippen molar-refractivity contribution >= 4 is 64.1 Å². The molecule has 3 aliphatic heterocycles. The Hall–Kier alpha value is -4.67. The summed E-state index contributed by atoms with van der Waals surface area (Å²) in [6.45, 7) is 17.9. The Bertz CT molecular complexity index is 2660. The van der Waals surface area contributed by atoms with E-state index in [0.29, 0.717) is 31.8 Å². The Balaban J connectivity index is 1.23. The van der Waals surface area contributed by atoms with Gasteiger partial charge in [0.25, 0.3) is 19.8 Å². The summed E-state index contributed by atoms with van der Waals surface area (Å²) in [6.07, 6.45) is 1.50. The highest BCUT2D eigenvalue weighted by Crippen LogP contribution is 2.51. The number of quaternary nitrogens is 1. The molecule has 370 valence electrons. The highest BCUT2D eigenvalue weighted by molar-refractivity contribution is 7.33. The normalized spacial score (nSPS) is 24.0. The molecule has 2 saturated heterocycles. The molecule has 3 N–H and O–H groups in total. The quantitative estimate of drug-likeness (QED) is 0.0389. The van der Waals surface area contributed by atoms with Crippen LogP contribution in [0.4, 0.5) is 5.95 Å². The molecule has 0 bridgehead atoms. The van der Waals surface area contributed by atoms with E-state index in [1.165, 1.54) is 10.9 Å². The van der Waals surface area contributed by atoms with Gasteiger partial charge in [-0.2, -0.15) is 4.98 Å². The Morgan fingerprint density at radius 2 is 1.57 bits per heavy atom. The number of rotatable bonds is 16. The number of hydrogen-bond acceptors (Lipinski definition) is 13. The largest absolute Gasteiger partial charge is 0.484 e. The van der Waals surface area contributed by atoms with Crippen molar-refractivity contribution in [1.29, 1.82) is 0 Å². The third-order valence-corrected chi connectivity index (χ3v) is 24.4. The summed E-state index contributed by atoms with van der Waals surface area (Å²) in [5.74, 6) is -1.93. The SMILES string of the molecule is CC(C)(C)[Si](C)(C)OC1[C@H](n2cnc3c(=O)[nH]c(NC(=O)COc4ccccc4)nc32)O[C@H](CO[Si](c2ccccc2)(c2ccccc2)C(C)(C)C)C1(O)O[PH](=O)O[N+]12CCCCCC1=NCCC2. The first-order valence-electron chi connectivity index (χ1n) is 23.9. The van der Waals surface area contributed by atoms with Crippen molar-refractivity contribution in [3.63, 3.8) is 0 Å². The second-order valence-electron chi connectivity index (χ2n) is 20.7. The van der Waals surface area contributed by atoms with Gasteiger partial charge in [0, 0.05) is 12.8 Å². The van der Waals surface area contributed by atoms with Gasteiger partial charge >= 0.3 is 8.25 Å².